The van der Waals surface area contributed by atoms with Gasteiger partial charge in [0.25, 0.3) is 0 Å². The molecule has 0 saturated carbocycles. The zero-order chi connectivity index (χ0) is 31.0. The number of carbonyl (C=O) groups excluding carboxylic acids is 1. The first-order chi connectivity index (χ1) is 22.0. The van der Waals surface area contributed by atoms with Crippen LogP contribution in [0.2, 0.25) is 0 Å². The standard InChI is InChI=1S/C33H40N8O4/c42-23-28(43)21-41-22-29(31(38-41)25-6-8-26(9-7-25)36-33(44)40-13-1-2-14-40)30-10-12-34-32(37-30)35-27-5-3-4-24(20-27)11-15-39-16-18-45-19-17-39/h3-10,12,20,22,28,42-43H,1-2,11,13-19,21,23H2,(H,36,44)(H,34,35,37)/t28-/m1/s1. The Morgan fingerprint density at radius 1 is 1.00 bits per heavy atom. The fourth-order valence-corrected chi connectivity index (χ4v) is 5.64. The van der Waals surface area contributed by atoms with Gasteiger partial charge in [-0.2, -0.15) is 5.10 Å². The van der Waals surface area contributed by atoms with Crippen molar-refractivity contribution >= 4 is 23.4 Å². The number of aromatic nitrogens is 4. The molecule has 0 radical (unpaired) electrons. The van der Waals surface area contributed by atoms with E-state index in [9.17, 15) is 15.0 Å². The van der Waals surface area contributed by atoms with E-state index in [2.05, 4.69) is 32.7 Å². The quantitative estimate of drug-likeness (QED) is 0.200. The molecular weight excluding hydrogens is 572 g/mol. The summed E-state index contributed by atoms with van der Waals surface area (Å²) in [4.78, 5) is 26.1. The fourth-order valence-electron chi connectivity index (χ4n) is 5.64. The van der Waals surface area contributed by atoms with E-state index in [1.807, 2.05) is 53.6 Å². The average molecular weight is 613 g/mol. The van der Waals surface area contributed by atoms with Crippen molar-refractivity contribution < 1.29 is 19.7 Å². The molecule has 4 aromatic rings. The van der Waals surface area contributed by atoms with Crippen LogP contribution in [-0.4, -0.2) is 104 Å². The molecule has 2 aromatic carbocycles. The Balaban J connectivity index is 1.20. The minimum atomic E-state index is -0.952. The van der Waals surface area contributed by atoms with E-state index in [-0.39, 0.29) is 19.2 Å². The number of carbonyl (C=O) groups is 1. The predicted octanol–water partition coefficient (Wildman–Crippen LogP) is 3.61. The van der Waals surface area contributed by atoms with Crippen LogP contribution >= 0.6 is 0 Å². The molecule has 1 atom stereocenters. The molecule has 45 heavy (non-hydrogen) atoms. The molecule has 0 spiro atoms. The van der Waals surface area contributed by atoms with Crippen LogP contribution in [0, 0.1) is 0 Å². The summed E-state index contributed by atoms with van der Waals surface area (Å²) < 4.78 is 7.07. The Bertz CT molecular complexity index is 1570. The minimum Gasteiger partial charge on any atom is -0.394 e. The average Bonchev–Trinajstić information content (AvgIpc) is 3.76. The van der Waals surface area contributed by atoms with Gasteiger partial charge in [0, 0.05) is 67.6 Å². The summed E-state index contributed by atoms with van der Waals surface area (Å²) in [5, 5.41) is 30.6. The predicted molar refractivity (Wildman–Crippen MR) is 172 cm³/mol. The van der Waals surface area contributed by atoms with Crippen molar-refractivity contribution in [2.75, 3.05) is 63.2 Å². The fraction of sp³-hybridized carbons (Fsp3) is 0.394. The molecule has 2 aliphatic heterocycles. The van der Waals surface area contributed by atoms with Crippen LogP contribution in [0.1, 0.15) is 18.4 Å². The number of hydrogen-bond donors (Lipinski definition) is 4. The van der Waals surface area contributed by atoms with Gasteiger partial charge in [-0.25, -0.2) is 14.8 Å². The second-order valence-corrected chi connectivity index (χ2v) is 11.4. The molecule has 2 amide bonds. The first-order valence-corrected chi connectivity index (χ1v) is 15.6. The first kappa shape index (κ1) is 30.7. The SMILES string of the molecule is O=C(Nc1ccc(-c2nn(C[C@@H](O)CO)cc2-c2ccnc(Nc3cccc(CCN4CCOCC4)c3)n2)cc1)N1CCCC1. The van der Waals surface area contributed by atoms with E-state index in [4.69, 9.17) is 14.8 Å². The number of nitrogens with zero attached hydrogens (tertiary/aromatic N) is 6. The van der Waals surface area contributed by atoms with Gasteiger partial charge in [-0.15, -0.1) is 0 Å². The number of anilines is 3. The van der Waals surface area contributed by atoms with E-state index in [1.54, 1.807) is 10.9 Å². The molecule has 0 bridgehead atoms. The van der Waals surface area contributed by atoms with Crippen LogP contribution in [0.5, 0.6) is 0 Å². The summed E-state index contributed by atoms with van der Waals surface area (Å²) in [7, 11) is 0. The van der Waals surface area contributed by atoms with Crippen molar-refractivity contribution in [2.45, 2.75) is 31.9 Å². The molecule has 12 nitrogen and oxygen atoms in total. The maximum Gasteiger partial charge on any atom is 0.321 e. The van der Waals surface area contributed by atoms with Gasteiger partial charge in [-0.1, -0.05) is 24.3 Å². The number of hydrogen-bond acceptors (Lipinski definition) is 9. The molecule has 4 heterocycles. The van der Waals surface area contributed by atoms with Crippen LogP contribution in [0.4, 0.5) is 22.1 Å². The van der Waals surface area contributed by atoms with E-state index in [1.165, 1.54) is 5.56 Å². The molecule has 2 saturated heterocycles. The lowest BCUT2D eigenvalue weighted by molar-refractivity contribution is 0.0384. The highest BCUT2D eigenvalue weighted by atomic mass is 16.5. The minimum absolute atomic E-state index is 0.0909. The summed E-state index contributed by atoms with van der Waals surface area (Å²) in [5.41, 5.74) is 5.72. The third-order valence-corrected chi connectivity index (χ3v) is 8.11. The highest BCUT2D eigenvalue weighted by Crippen LogP contribution is 2.31. The Morgan fingerprint density at radius 2 is 1.80 bits per heavy atom. The van der Waals surface area contributed by atoms with Crippen LogP contribution in [0.3, 0.4) is 0 Å². The lowest BCUT2D eigenvalue weighted by atomic mass is 10.1. The Kier molecular flexibility index (Phi) is 9.96. The zero-order valence-electron chi connectivity index (χ0n) is 25.3. The smallest absolute Gasteiger partial charge is 0.321 e. The van der Waals surface area contributed by atoms with Crippen LogP contribution in [0.15, 0.2) is 67.0 Å². The van der Waals surface area contributed by atoms with Crippen molar-refractivity contribution in [1.29, 1.82) is 0 Å². The first-order valence-electron chi connectivity index (χ1n) is 15.6. The maximum atomic E-state index is 12.6. The topological polar surface area (TPSA) is 141 Å². The monoisotopic (exact) mass is 612 g/mol. The molecule has 2 fully saturated rings. The van der Waals surface area contributed by atoms with Crippen LogP contribution < -0.4 is 10.6 Å². The maximum absolute atomic E-state index is 12.6. The highest BCUT2D eigenvalue weighted by Gasteiger charge is 2.19. The number of nitrogens with one attached hydrogen (secondary N) is 2. The van der Waals surface area contributed by atoms with Gasteiger partial charge < -0.3 is 30.5 Å². The summed E-state index contributed by atoms with van der Waals surface area (Å²) in [6.07, 6.45) is 5.57. The number of ether oxygens (including phenoxy) is 1. The van der Waals surface area contributed by atoms with Gasteiger partial charge in [-0.05, 0) is 55.2 Å². The lowest BCUT2D eigenvalue weighted by Crippen LogP contribution is -2.37. The molecule has 4 N–H and O–H groups in total. The van der Waals surface area contributed by atoms with Gasteiger partial charge >= 0.3 is 6.03 Å². The Labute approximate surface area is 262 Å². The highest BCUT2D eigenvalue weighted by molar-refractivity contribution is 5.90. The summed E-state index contributed by atoms with van der Waals surface area (Å²) in [6, 6.07) is 17.5. The molecule has 12 heteroatoms. The number of aliphatic hydroxyl groups is 2. The number of rotatable bonds is 11. The second kappa shape index (κ2) is 14.6. The molecule has 0 aliphatic carbocycles. The van der Waals surface area contributed by atoms with Crippen molar-refractivity contribution in [2.24, 2.45) is 0 Å². The van der Waals surface area contributed by atoms with Crippen molar-refractivity contribution in [3.63, 3.8) is 0 Å². The van der Waals surface area contributed by atoms with Crippen molar-refractivity contribution in [3.05, 3.63) is 72.6 Å². The van der Waals surface area contributed by atoms with Crippen molar-refractivity contribution in [1.82, 2.24) is 29.5 Å². The number of benzene rings is 2. The van der Waals surface area contributed by atoms with E-state index in [0.717, 1.165) is 82.0 Å². The van der Waals surface area contributed by atoms with Gasteiger partial charge in [0.15, 0.2) is 0 Å². The Morgan fingerprint density at radius 3 is 2.58 bits per heavy atom. The van der Waals surface area contributed by atoms with Crippen LogP contribution in [0.25, 0.3) is 22.5 Å². The van der Waals surface area contributed by atoms with E-state index in [0.29, 0.717) is 23.0 Å². The number of morpholine rings is 1. The largest absolute Gasteiger partial charge is 0.394 e. The lowest BCUT2D eigenvalue weighted by Gasteiger charge is -2.26. The molecular formula is C33H40N8O4. The molecule has 6 rings (SSSR count). The third-order valence-electron chi connectivity index (χ3n) is 8.11. The van der Waals surface area contributed by atoms with Crippen molar-refractivity contribution in [3.8, 4) is 22.5 Å². The number of urea groups is 1. The Hall–Kier alpha value is -4.36. The second-order valence-electron chi connectivity index (χ2n) is 11.4. The summed E-state index contributed by atoms with van der Waals surface area (Å²) >= 11 is 0. The summed E-state index contributed by atoms with van der Waals surface area (Å²) in [6.45, 7) is 5.82. The number of amides is 2. The molecule has 0 unspecified atom stereocenters. The third kappa shape index (κ3) is 8.03. The van der Waals surface area contributed by atoms with Crippen LogP contribution in [-0.2, 0) is 17.7 Å². The number of aliphatic hydroxyl groups excluding tert-OH is 2. The van der Waals surface area contributed by atoms with E-state index >= 15 is 0 Å². The zero-order valence-corrected chi connectivity index (χ0v) is 25.3. The molecule has 236 valence electrons. The normalized spacial score (nSPS) is 16.1. The van der Waals surface area contributed by atoms with Gasteiger partial charge in [0.2, 0.25) is 5.95 Å². The number of likely N-dealkylation sites (tertiary alicyclic amines) is 1. The molecule has 2 aliphatic rings. The van der Waals surface area contributed by atoms with E-state index < -0.39 is 6.10 Å². The van der Waals surface area contributed by atoms with Gasteiger partial charge in [0.1, 0.15) is 5.69 Å². The van der Waals surface area contributed by atoms with Gasteiger partial charge in [0.05, 0.1) is 38.2 Å². The summed E-state index contributed by atoms with van der Waals surface area (Å²) in [5.74, 6) is 0.451. The molecule has 2 aromatic heterocycles. The van der Waals surface area contributed by atoms with Gasteiger partial charge in [-0.3, -0.25) is 9.58 Å².